The number of pyridine rings is 1. The number of aromatic nitrogens is 1. The fraction of sp³-hybridized carbons (Fsp3) is 0.143. The molecule has 7 nitrogen and oxygen atoms in total. The molecule has 0 spiro atoms. The molecule has 1 atom stereocenters. The number of hydrogen-bond acceptors (Lipinski definition) is 6. The predicted octanol–water partition coefficient (Wildman–Crippen LogP) is 4.38. The number of benzene rings is 1. The first-order valence-electron chi connectivity index (χ1n) is 8.68. The van der Waals surface area contributed by atoms with Crippen LogP contribution in [0.4, 0.5) is 5.69 Å². The normalized spacial score (nSPS) is 11.6. The minimum Gasteiger partial charge on any atom is -0.449 e. The molecule has 0 aliphatic rings. The average Bonchev–Trinajstić information content (AvgIpc) is 3.20. The smallest absolute Gasteiger partial charge is 0.375 e. The van der Waals surface area contributed by atoms with Crippen molar-refractivity contribution in [1.29, 1.82) is 0 Å². The quantitative estimate of drug-likeness (QED) is 0.366. The Hall–Kier alpha value is -3.45. The van der Waals surface area contributed by atoms with E-state index in [0.717, 1.165) is 0 Å². The lowest BCUT2D eigenvalue weighted by molar-refractivity contribution is -0.123. The van der Waals surface area contributed by atoms with Crippen LogP contribution in [0.15, 0.2) is 59.1 Å². The van der Waals surface area contributed by atoms with E-state index in [9.17, 15) is 14.4 Å². The number of nitrogens with zero attached hydrogens (tertiary/aromatic N) is 1. The molecule has 0 saturated carbocycles. The number of ether oxygens (including phenoxy) is 1. The Bertz CT molecular complexity index is 1060. The number of furan rings is 1. The van der Waals surface area contributed by atoms with Gasteiger partial charge in [-0.05, 0) is 38.1 Å². The van der Waals surface area contributed by atoms with Gasteiger partial charge in [-0.15, -0.1) is 0 Å². The molecular weight excluding hydrogens is 396 g/mol. The van der Waals surface area contributed by atoms with E-state index in [0.29, 0.717) is 22.6 Å². The van der Waals surface area contributed by atoms with Gasteiger partial charge in [-0.1, -0.05) is 35.9 Å². The monoisotopic (exact) mass is 412 g/mol. The van der Waals surface area contributed by atoms with Crippen molar-refractivity contribution in [2.24, 2.45) is 0 Å². The van der Waals surface area contributed by atoms with Crippen molar-refractivity contribution in [2.45, 2.75) is 20.0 Å². The van der Waals surface area contributed by atoms with Gasteiger partial charge in [0.2, 0.25) is 5.76 Å². The second-order valence-electron chi connectivity index (χ2n) is 6.18. The number of hydrogen-bond donors (Lipinski definition) is 1. The molecule has 2 aromatic heterocycles. The summed E-state index contributed by atoms with van der Waals surface area (Å²) < 4.78 is 10.7. The summed E-state index contributed by atoms with van der Waals surface area (Å²) in [7, 11) is 0. The van der Waals surface area contributed by atoms with Crippen molar-refractivity contribution >= 4 is 34.9 Å². The number of halogens is 1. The lowest BCUT2D eigenvalue weighted by Gasteiger charge is -2.13. The van der Waals surface area contributed by atoms with Gasteiger partial charge in [-0.3, -0.25) is 9.59 Å². The molecule has 0 fully saturated rings. The molecule has 0 saturated heterocycles. The number of rotatable bonds is 6. The van der Waals surface area contributed by atoms with Crippen molar-refractivity contribution in [3.05, 3.63) is 71.2 Å². The van der Waals surface area contributed by atoms with Gasteiger partial charge < -0.3 is 14.5 Å². The van der Waals surface area contributed by atoms with Gasteiger partial charge >= 0.3 is 5.97 Å². The molecule has 0 radical (unpaired) electrons. The van der Waals surface area contributed by atoms with Crippen molar-refractivity contribution in [2.75, 3.05) is 5.32 Å². The highest BCUT2D eigenvalue weighted by molar-refractivity contribution is 6.32. The number of nitrogens with one attached hydrogen (secondary N) is 1. The topological polar surface area (TPSA) is 98.5 Å². The zero-order valence-electron chi connectivity index (χ0n) is 15.6. The van der Waals surface area contributed by atoms with Gasteiger partial charge in [0, 0.05) is 17.3 Å². The molecule has 2 heterocycles. The van der Waals surface area contributed by atoms with Crippen LogP contribution in [0.5, 0.6) is 0 Å². The van der Waals surface area contributed by atoms with E-state index in [1.54, 1.807) is 42.5 Å². The fourth-order valence-corrected chi connectivity index (χ4v) is 2.62. The number of carbonyl (C=O) groups excluding carboxylic acids is 3. The Labute approximate surface area is 171 Å². The molecule has 29 heavy (non-hydrogen) atoms. The summed E-state index contributed by atoms with van der Waals surface area (Å²) in [6.45, 7) is 2.91. The van der Waals surface area contributed by atoms with Crippen LogP contribution in [0.1, 0.15) is 34.8 Å². The summed E-state index contributed by atoms with van der Waals surface area (Å²) in [5.74, 6) is -0.988. The third-order valence-corrected chi connectivity index (χ3v) is 4.35. The Morgan fingerprint density at radius 3 is 2.48 bits per heavy atom. The van der Waals surface area contributed by atoms with Crippen LogP contribution in [-0.4, -0.2) is 28.7 Å². The van der Waals surface area contributed by atoms with E-state index in [-0.39, 0.29) is 16.7 Å². The van der Waals surface area contributed by atoms with E-state index in [1.807, 2.05) is 0 Å². The maximum absolute atomic E-state index is 12.3. The highest BCUT2D eigenvalue weighted by Crippen LogP contribution is 2.24. The summed E-state index contributed by atoms with van der Waals surface area (Å²) in [4.78, 5) is 39.7. The Kier molecular flexibility index (Phi) is 6.09. The van der Waals surface area contributed by atoms with Crippen LogP contribution in [0.3, 0.4) is 0 Å². The predicted molar refractivity (Wildman–Crippen MR) is 107 cm³/mol. The number of carbonyl (C=O) groups is 3. The molecule has 0 aliphatic carbocycles. The van der Waals surface area contributed by atoms with Gasteiger partial charge in [-0.25, -0.2) is 9.78 Å². The van der Waals surface area contributed by atoms with Crippen LogP contribution in [0, 0.1) is 0 Å². The zero-order chi connectivity index (χ0) is 21.0. The van der Waals surface area contributed by atoms with Gasteiger partial charge in [0.25, 0.3) is 5.91 Å². The summed E-state index contributed by atoms with van der Waals surface area (Å²) in [5, 5.41) is 2.67. The average molecular weight is 413 g/mol. The molecule has 0 bridgehead atoms. The van der Waals surface area contributed by atoms with E-state index in [1.165, 1.54) is 26.1 Å². The third-order valence-electron chi connectivity index (χ3n) is 4.05. The van der Waals surface area contributed by atoms with E-state index in [4.69, 9.17) is 20.8 Å². The highest BCUT2D eigenvalue weighted by atomic mass is 35.5. The molecule has 8 heteroatoms. The minimum atomic E-state index is -1.08. The number of amides is 1. The summed E-state index contributed by atoms with van der Waals surface area (Å²) in [5.41, 5.74) is 1.59. The molecule has 1 amide bonds. The Morgan fingerprint density at radius 1 is 1.10 bits per heavy atom. The molecule has 0 aliphatic heterocycles. The highest BCUT2D eigenvalue weighted by Gasteiger charge is 2.22. The van der Waals surface area contributed by atoms with Crippen molar-refractivity contribution < 1.29 is 23.5 Å². The zero-order valence-corrected chi connectivity index (χ0v) is 16.4. The Balaban J connectivity index is 1.64. The second-order valence-corrected chi connectivity index (χ2v) is 6.53. The lowest BCUT2D eigenvalue weighted by atomic mass is 10.1. The Morgan fingerprint density at radius 2 is 1.83 bits per heavy atom. The van der Waals surface area contributed by atoms with E-state index < -0.39 is 18.0 Å². The molecule has 1 aromatic carbocycles. The van der Waals surface area contributed by atoms with Crippen LogP contribution >= 0.6 is 11.6 Å². The molecule has 3 aromatic rings. The van der Waals surface area contributed by atoms with Gasteiger partial charge in [0.15, 0.2) is 17.0 Å². The van der Waals surface area contributed by atoms with E-state index >= 15 is 0 Å². The number of anilines is 1. The molecule has 0 unspecified atom stereocenters. The standard InChI is InChI=1S/C21H17ClN2O5/c1-12(25)14-5-7-15(8-6-14)17-9-10-18(29-17)21(27)28-13(2)20(26)24-16-4-3-11-23-19(16)22/h3-11,13H,1-2H3,(H,24,26)/t13-/m1/s1. The van der Waals surface area contributed by atoms with E-state index in [2.05, 4.69) is 10.3 Å². The number of ketones is 1. The van der Waals surface area contributed by atoms with Crippen LogP contribution < -0.4 is 5.32 Å². The summed E-state index contributed by atoms with van der Waals surface area (Å²) in [6, 6.07) is 13.1. The van der Waals surface area contributed by atoms with Crippen molar-refractivity contribution in [3.8, 4) is 11.3 Å². The van der Waals surface area contributed by atoms with Crippen molar-refractivity contribution in [1.82, 2.24) is 4.98 Å². The maximum atomic E-state index is 12.3. The first kappa shape index (κ1) is 20.3. The van der Waals surface area contributed by atoms with Crippen molar-refractivity contribution in [3.63, 3.8) is 0 Å². The number of Topliss-reactive ketones (excluding diaryl/α,β-unsaturated/α-hetero) is 1. The van der Waals surface area contributed by atoms with Gasteiger partial charge in [-0.2, -0.15) is 0 Å². The molecule has 148 valence electrons. The summed E-state index contributed by atoms with van der Waals surface area (Å²) >= 11 is 5.90. The maximum Gasteiger partial charge on any atom is 0.375 e. The first-order chi connectivity index (χ1) is 13.8. The summed E-state index contributed by atoms with van der Waals surface area (Å²) in [6.07, 6.45) is 0.408. The first-order valence-corrected chi connectivity index (χ1v) is 9.06. The molecule has 3 rings (SSSR count). The van der Waals surface area contributed by atoms with Gasteiger partial charge in [0.1, 0.15) is 5.76 Å². The SMILES string of the molecule is CC(=O)c1ccc(-c2ccc(C(=O)O[C@H](C)C(=O)Nc3cccnc3Cl)o2)cc1. The lowest BCUT2D eigenvalue weighted by Crippen LogP contribution is -2.30. The van der Waals surface area contributed by atoms with Crippen LogP contribution in [-0.2, 0) is 9.53 Å². The number of esters is 1. The van der Waals surface area contributed by atoms with Crippen LogP contribution in [0.25, 0.3) is 11.3 Å². The largest absolute Gasteiger partial charge is 0.449 e. The minimum absolute atomic E-state index is 0.0416. The fourth-order valence-electron chi connectivity index (χ4n) is 2.46. The molecule has 1 N–H and O–H groups in total. The second kappa shape index (κ2) is 8.70. The van der Waals surface area contributed by atoms with Crippen LogP contribution in [0.2, 0.25) is 5.15 Å². The molecular formula is C21H17ClN2O5. The third kappa shape index (κ3) is 4.89. The van der Waals surface area contributed by atoms with Gasteiger partial charge in [0.05, 0.1) is 5.69 Å².